The Labute approximate surface area is 146 Å². The van der Waals surface area contributed by atoms with Gasteiger partial charge in [-0.2, -0.15) is 0 Å². The second-order valence-corrected chi connectivity index (χ2v) is 7.86. The van der Waals surface area contributed by atoms with E-state index in [2.05, 4.69) is 21.8 Å². The SMILES string of the molecule is Cc1nccc(-c2sc(C3CCN(C(=O)C4CC4)CC3)nc2C)n1. The van der Waals surface area contributed by atoms with Crippen molar-refractivity contribution in [1.29, 1.82) is 0 Å². The van der Waals surface area contributed by atoms with E-state index in [0.29, 0.717) is 17.7 Å². The minimum absolute atomic E-state index is 0.330. The Bertz CT molecular complexity index is 760. The van der Waals surface area contributed by atoms with Crippen LogP contribution in [0.4, 0.5) is 0 Å². The molecule has 0 atom stereocenters. The van der Waals surface area contributed by atoms with E-state index in [-0.39, 0.29) is 0 Å². The number of carbonyl (C=O) groups excluding carboxylic acids is 1. The molecule has 2 aromatic rings. The van der Waals surface area contributed by atoms with E-state index in [1.807, 2.05) is 13.0 Å². The zero-order valence-electron chi connectivity index (χ0n) is 14.2. The van der Waals surface area contributed by atoms with Crippen molar-refractivity contribution in [2.75, 3.05) is 13.1 Å². The van der Waals surface area contributed by atoms with E-state index in [0.717, 1.165) is 60.9 Å². The van der Waals surface area contributed by atoms with Crippen LogP contribution in [0.1, 0.15) is 48.1 Å². The van der Waals surface area contributed by atoms with Crippen LogP contribution in [-0.2, 0) is 4.79 Å². The lowest BCUT2D eigenvalue weighted by atomic mass is 9.97. The van der Waals surface area contributed by atoms with Crippen LogP contribution in [0.2, 0.25) is 0 Å². The summed E-state index contributed by atoms with van der Waals surface area (Å²) in [5, 5.41) is 1.19. The van der Waals surface area contributed by atoms with Gasteiger partial charge in [0.15, 0.2) is 0 Å². The minimum atomic E-state index is 0.330. The van der Waals surface area contributed by atoms with Gasteiger partial charge in [0, 0.05) is 31.1 Å². The molecule has 0 N–H and O–H groups in total. The van der Waals surface area contributed by atoms with Gasteiger partial charge in [0.25, 0.3) is 0 Å². The molecule has 126 valence electrons. The first-order chi connectivity index (χ1) is 11.6. The molecule has 0 bridgehead atoms. The highest BCUT2D eigenvalue weighted by atomic mass is 32.1. The van der Waals surface area contributed by atoms with Crippen LogP contribution in [0.5, 0.6) is 0 Å². The van der Waals surface area contributed by atoms with E-state index in [1.54, 1.807) is 17.5 Å². The molecular weight excluding hydrogens is 320 g/mol. The van der Waals surface area contributed by atoms with Gasteiger partial charge in [0.1, 0.15) is 5.82 Å². The van der Waals surface area contributed by atoms with Crippen molar-refractivity contribution in [3.05, 3.63) is 28.8 Å². The third-order valence-electron chi connectivity index (χ3n) is 4.90. The average Bonchev–Trinajstić information content (AvgIpc) is 3.36. The van der Waals surface area contributed by atoms with Crippen molar-refractivity contribution in [3.63, 3.8) is 0 Å². The van der Waals surface area contributed by atoms with Crippen molar-refractivity contribution in [2.24, 2.45) is 5.92 Å². The summed E-state index contributed by atoms with van der Waals surface area (Å²) in [6, 6.07) is 1.95. The number of carbonyl (C=O) groups is 1. The number of thiazole rings is 1. The molecule has 0 aromatic carbocycles. The summed E-state index contributed by atoms with van der Waals surface area (Å²) in [5.74, 6) is 1.96. The summed E-state index contributed by atoms with van der Waals surface area (Å²) < 4.78 is 0. The standard InChI is InChI=1S/C18H22N4OS/c1-11-16(15-5-8-19-12(2)21-15)24-17(20-11)13-6-9-22(10-7-13)18(23)14-3-4-14/h5,8,13-14H,3-4,6-7,9-10H2,1-2H3. The highest BCUT2D eigenvalue weighted by Gasteiger charge is 2.35. The van der Waals surface area contributed by atoms with E-state index in [1.165, 1.54) is 5.01 Å². The Morgan fingerprint density at radius 2 is 1.92 bits per heavy atom. The molecule has 4 rings (SSSR count). The average molecular weight is 342 g/mol. The van der Waals surface area contributed by atoms with E-state index < -0.39 is 0 Å². The number of rotatable bonds is 3. The summed E-state index contributed by atoms with van der Waals surface area (Å²) >= 11 is 1.75. The molecule has 0 radical (unpaired) electrons. The third-order valence-corrected chi connectivity index (χ3v) is 6.25. The number of hydrogen-bond acceptors (Lipinski definition) is 5. The van der Waals surface area contributed by atoms with Crippen LogP contribution in [-0.4, -0.2) is 38.8 Å². The monoisotopic (exact) mass is 342 g/mol. The first kappa shape index (κ1) is 15.7. The first-order valence-corrected chi connectivity index (χ1v) is 9.49. The van der Waals surface area contributed by atoms with Crippen LogP contribution in [0, 0.1) is 19.8 Å². The highest BCUT2D eigenvalue weighted by Crippen LogP contribution is 2.38. The number of piperidine rings is 1. The zero-order chi connectivity index (χ0) is 16.7. The third kappa shape index (κ3) is 3.07. The van der Waals surface area contributed by atoms with Gasteiger partial charge < -0.3 is 4.90 Å². The summed E-state index contributed by atoms with van der Waals surface area (Å²) in [5.41, 5.74) is 2.01. The van der Waals surface area contributed by atoms with Crippen molar-refractivity contribution in [2.45, 2.75) is 45.4 Å². The molecule has 1 aliphatic carbocycles. The predicted octanol–water partition coefficient (Wildman–Crippen LogP) is 3.33. The van der Waals surface area contributed by atoms with Crippen molar-refractivity contribution in [1.82, 2.24) is 19.9 Å². The fraction of sp³-hybridized carbons (Fsp3) is 0.556. The summed E-state index contributed by atoms with van der Waals surface area (Å²) in [6.07, 6.45) is 6.03. The Hall–Kier alpha value is -1.82. The lowest BCUT2D eigenvalue weighted by molar-refractivity contribution is -0.133. The number of hydrogen-bond donors (Lipinski definition) is 0. The Balaban J connectivity index is 1.48. The number of nitrogens with zero attached hydrogens (tertiary/aromatic N) is 4. The summed E-state index contributed by atoms with van der Waals surface area (Å²) in [6.45, 7) is 5.72. The van der Waals surface area contributed by atoms with E-state index in [4.69, 9.17) is 4.98 Å². The van der Waals surface area contributed by atoms with Crippen LogP contribution in [0.25, 0.3) is 10.6 Å². The maximum Gasteiger partial charge on any atom is 0.225 e. The van der Waals surface area contributed by atoms with Gasteiger partial charge >= 0.3 is 0 Å². The van der Waals surface area contributed by atoms with Gasteiger partial charge in [-0.15, -0.1) is 11.3 Å². The van der Waals surface area contributed by atoms with Crippen molar-refractivity contribution >= 4 is 17.2 Å². The van der Waals surface area contributed by atoms with E-state index in [9.17, 15) is 4.79 Å². The molecule has 2 aromatic heterocycles. The number of likely N-dealkylation sites (tertiary alicyclic amines) is 1. The van der Waals surface area contributed by atoms with Crippen LogP contribution < -0.4 is 0 Å². The fourth-order valence-corrected chi connectivity index (χ4v) is 4.55. The molecule has 1 saturated carbocycles. The Morgan fingerprint density at radius 1 is 1.17 bits per heavy atom. The summed E-state index contributed by atoms with van der Waals surface area (Å²) in [4.78, 5) is 28.9. The topological polar surface area (TPSA) is 59.0 Å². The highest BCUT2D eigenvalue weighted by molar-refractivity contribution is 7.15. The van der Waals surface area contributed by atoms with Gasteiger partial charge in [0.05, 0.1) is 21.3 Å². The normalized spacial score (nSPS) is 18.8. The molecule has 0 spiro atoms. The second-order valence-electron chi connectivity index (χ2n) is 6.83. The smallest absolute Gasteiger partial charge is 0.225 e. The molecule has 1 saturated heterocycles. The largest absolute Gasteiger partial charge is 0.342 e. The number of aromatic nitrogens is 3. The van der Waals surface area contributed by atoms with Gasteiger partial charge in [-0.1, -0.05) is 0 Å². The maximum atomic E-state index is 12.2. The molecule has 5 nitrogen and oxygen atoms in total. The van der Waals surface area contributed by atoms with Crippen LogP contribution in [0.15, 0.2) is 12.3 Å². The fourth-order valence-electron chi connectivity index (χ4n) is 3.35. The molecule has 2 aliphatic rings. The molecule has 1 amide bonds. The van der Waals surface area contributed by atoms with Crippen molar-refractivity contribution in [3.8, 4) is 10.6 Å². The molecule has 2 fully saturated rings. The van der Waals surface area contributed by atoms with Gasteiger partial charge in [-0.05, 0) is 45.6 Å². The molecule has 6 heteroatoms. The summed E-state index contributed by atoms with van der Waals surface area (Å²) in [7, 11) is 0. The van der Waals surface area contributed by atoms with Gasteiger partial charge in [-0.3, -0.25) is 4.79 Å². The predicted molar refractivity (Wildman–Crippen MR) is 93.9 cm³/mol. The van der Waals surface area contributed by atoms with E-state index >= 15 is 0 Å². The number of amides is 1. The first-order valence-electron chi connectivity index (χ1n) is 8.68. The van der Waals surface area contributed by atoms with Crippen molar-refractivity contribution < 1.29 is 4.79 Å². The molecule has 1 aliphatic heterocycles. The van der Waals surface area contributed by atoms with Gasteiger partial charge in [0.2, 0.25) is 5.91 Å². The molecular formula is C18H22N4OS. The van der Waals surface area contributed by atoms with Gasteiger partial charge in [-0.25, -0.2) is 15.0 Å². The second kappa shape index (κ2) is 6.24. The van der Waals surface area contributed by atoms with Crippen LogP contribution in [0.3, 0.4) is 0 Å². The molecule has 0 unspecified atom stereocenters. The van der Waals surface area contributed by atoms with Crippen LogP contribution >= 0.6 is 11.3 Å². The number of aryl methyl sites for hydroxylation is 2. The quantitative estimate of drug-likeness (QED) is 0.858. The molecule has 24 heavy (non-hydrogen) atoms. The lowest BCUT2D eigenvalue weighted by Crippen LogP contribution is -2.38. The zero-order valence-corrected chi connectivity index (χ0v) is 15.0. The Kier molecular flexibility index (Phi) is 4.08. The lowest BCUT2D eigenvalue weighted by Gasteiger charge is -2.31. The Morgan fingerprint density at radius 3 is 2.58 bits per heavy atom. The maximum absolute atomic E-state index is 12.2. The molecule has 3 heterocycles. The minimum Gasteiger partial charge on any atom is -0.342 e.